The van der Waals surface area contributed by atoms with Gasteiger partial charge in [-0.25, -0.2) is 0 Å². The molecule has 0 saturated carbocycles. The van der Waals surface area contributed by atoms with Crippen molar-refractivity contribution < 1.29 is 19.0 Å². The molecule has 0 saturated heterocycles. The van der Waals surface area contributed by atoms with Crippen LogP contribution in [0.4, 0.5) is 11.4 Å². The molecule has 0 bridgehead atoms. The first-order valence-electron chi connectivity index (χ1n) is 10.2. The minimum atomic E-state index is -0.232. The van der Waals surface area contributed by atoms with E-state index in [-0.39, 0.29) is 5.91 Å². The summed E-state index contributed by atoms with van der Waals surface area (Å²) in [7, 11) is 7.08. The predicted molar refractivity (Wildman–Crippen MR) is 129 cm³/mol. The summed E-state index contributed by atoms with van der Waals surface area (Å²) in [6.07, 6.45) is 3.17. The lowest BCUT2D eigenvalue weighted by molar-refractivity contribution is -0.111. The van der Waals surface area contributed by atoms with Crippen LogP contribution in [-0.2, 0) is 11.4 Å². The van der Waals surface area contributed by atoms with E-state index < -0.39 is 0 Å². The van der Waals surface area contributed by atoms with Gasteiger partial charge in [0.25, 0.3) is 0 Å². The Morgan fingerprint density at radius 2 is 1.56 bits per heavy atom. The maximum absolute atomic E-state index is 12.3. The first-order valence-corrected chi connectivity index (χ1v) is 10.2. The fraction of sp³-hybridized carbons (Fsp3) is 0.192. The predicted octanol–water partition coefficient (Wildman–Crippen LogP) is 5.00. The van der Waals surface area contributed by atoms with Crippen molar-refractivity contribution in [2.24, 2.45) is 0 Å². The molecule has 6 nitrogen and oxygen atoms in total. The van der Waals surface area contributed by atoms with Crippen LogP contribution < -0.4 is 24.4 Å². The average molecular weight is 433 g/mol. The molecular formula is C26H28N2O4. The molecular weight excluding hydrogens is 404 g/mol. The number of hydrogen-bond acceptors (Lipinski definition) is 5. The molecule has 3 aromatic rings. The van der Waals surface area contributed by atoms with Crippen LogP contribution in [0.2, 0.25) is 0 Å². The summed E-state index contributed by atoms with van der Waals surface area (Å²) in [5, 5.41) is 2.85. The van der Waals surface area contributed by atoms with Crippen molar-refractivity contribution in [2.45, 2.75) is 6.61 Å². The Morgan fingerprint density at radius 3 is 2.12 bits per heavy atom. The molecule has 0 aliphatic carbocycles. The molecule has 0 heterocycles. The van der Waals surface area contributed by atoms with Crippen LogP contribution in [0.5, 0.6) is 17.2 Å². The van der Waals surface area contributed by atoms with E-state index >= 15 is 0 Å². The molecule has 0 atom stereocenters. The molecule has 3 rings (SSSR count). The molecule has 3 aromatic carbocycles. The lowest BCUT2D eigenvalue weighted by Gasteiger charge is -2.15. The number of methoxy groups -OCH3 is 2. The van der Waals surface area contributed by atoms with E-state index in [0.717, 1.165) is 22.5 Å². The van der Waals surface area contributed by atoms with Gasteiger partial charge in [-0.3, -0.25) is 4.79 Å². The Balaban J connectivity index is 1.71. The number of anilines is 2. The third-order valence-corrected chi connectivity index (χ3v) is 4.79. The molecule has 0 spiro atoms. The van der Waals surface area contributed by atoms with Gasteiger partial charge in [0.1, 0.15) is 6.61 Å². The van der Waals surface area contributed by atoms with Crippen molar-refractivity contribution in [3.05, 3.63) is 83.9 Å². The highest BCUT2D eigenvalue weighted by atomic mass is 16.5. The van der Waals surface area contributed by atoms with Gasteiger partial charge in [0, 0.05) is 31.5 Å². The van der Waals surface area contributed by atoms with E-state index in [4.69, 9.17) is 14.2 Å². The summed E-state index contributed by atoms with van der Waals surface area (Å²) in [6.45, 7) is 0.387. The molecule has 1 amide bonds. The summed E-state index contributed by atoms with van der Waals surface area (Å²) >= 11 is 0. The van der Waals surface area contributed by atoms with E-state index in [1.165, 1.54) is 6.08 Å². The zero-order chi connectivity index (χ0) is 22.9. The minimum absolute atomic E-state index is 0.232. The molecule has 6 heteroatoms. The molecule has 0 aliphatic rings. The largest absolute Gasteiger partial charge is 0.493 e. The zero-order valence-corrected chi connectivity index (χ0v) is 18.8. The summed E-state index contributed by atoms with van der Waals surface area (Å²) < 4.78 is 17.0. The number of carbonyl (C=O) groups is 1. The highest BCUT2D eigenvalue weighted by Gasteiger charge is 2.14. The molecule has 0 fully saturated rings. The van der Waals surface area contributed by atoms with E-state index in [1.807, 2.05) is 73.6 Å². The fourth-order valence-electron chi connectivity index (χ4n) is 3.07. The topological polar surface area (TPSA) is 60.0 Å². The van der Waals surface area contributed by atoms with E-state index in [0.29, 0.717) is 23.9 Å². The van der Waals surface area contributed by atoms with Crippen LogP contribution in [0, 0.1) is 0 Å². The molecule has 1 N–H and O–H groups in total. The second kappa shape index (κ2) is 10.9. The highest BCUT2D eigenvalue weighted by molar-refractivity contribution is 6.02. The summed E-state index contributed by atoms with van der Waals surface area (Å²) in [4.78, 5) is 14.3. The second-order valence-corrected chi connectivity index (χ2v) is 7.29. The maximum atomic E-state index is 12.3. The number of amides is 1. The van der Waals surface area contributed by atoms with Crippen LogP contribution >= 0.6 is 0 Å². The maximum Gasteiger partial charge on any atom is 0.248 e. The first-order chi connectivity index (χ1) is 15.5. The highest BCUT2D eigenvalue weighted by Crippen LogP contribution is 2.39. The number of carbonyl (C=O) groups excluding carboxylic acids is 1. The third-order valence-electron chi connectivity index (χ3n) is 4.79. The van der Waals surface area contributed by atoms with Gasteiger partial charge in [0.2, 0.25) is 11.7 Å². The van der Waals surface area contributed by atoms with Gasteiger partial charge >= 0.3 is 0 Å². The van der Waals surface area contributed by atoms with E-state index in [1.54, 1.807) is 32.4 Å². The average Bonchev–Trinajstić information content (AvgIpc) is 2.82. The monoisotopic (exact) mass is 432 g/mol. The zero-order valence-electron chi connectivity index (χ0n) is 18.8. The van der Waals surface area contributed by atoms with Crippen LogP contribution in [0.3, 0.4) is 0 Å². The van der Waals surface area contributed by atoms with Crippen molar-refractivity contribution in [3.8, 4) is 17.2 Å². The second-order valence-electron chi connectivity index (χ2n) is 7.29. The summed E-state index contributed by atoms with van der Waals surface area (Å²) in [5.41, 5.74) is 3.58. The van der Waals surface area contributed by atoms with Gasteiger partial charge in [0.15, 0.2) is 11.5 Å². The van der Waals surface area contributed by atoms with Gasteiger partial charge in [-0.05, 0) is 53.6 Å². The van der Waals surface area contributed by atoms with E-state index in [9.17, 15) is 4.79 Å². The van der Waals surface area contributed by atoms with Crippen molar-refractivity contribution in [1.82, 2.24) is 0 Å². The molecule has 0 radical (unpaired) electrons. The van der Waals surface area contributed by atoms with Crippen molar-refractivity contribution in [2.75, 3.05) is 38.5 Å². The standard InChI is InChI=1S/C26H28N2O4/c1-28(2)22-13-11-21(12-14-22)27-25(29)15-10-20-16-23(30-3)26(24(17-20)31-4)32-18-19-8-6-5-7-9-19/h5-17H,18H2,1-4H3,(H,27,29)/b15-10+. The molecule has 32 heavy (non-hydrogen) atoms. The number of benzene rings is 3. The third kappa shape index (κ3) is 6.04. The Kier molecular flexibility index (Phi) is 7.75. The van der Waals surface area contributed by atoms with Gasteiger partial charge < -0.3 is 24.4 Å². The number of ether oxygens (including phenoxy) is 3. The Labute approximate surface area is 189 Å². The lowest BCUT2D eigenvalue weighted by atomic mass is 10.1. The molecule has 0 aromatic heterocycles. The van der Waals surface area contributed by atoms with Crippen LogP contribution in [0.1, 0.15) is 11.1 Å². The fourth-order valence-corrected chi connectivity index (χ4v) is 3.07. The number of nitrogens with one attached hydrogen (secondary N) is 1. The van der Waals surface area contributed by atoms with Crippen LogP contribution in [0.15, 0.2) is 72.8 Å². The summed E-state index contributed by atoms with van der Waals surface area (Å²) in [6, 6.07) is 21.1. The van der Waals surface area contributed by atoms with Crippen molar-refractivity contribution in [1.29, 1.82) is 0 Å². The number of nitrogens with zero attached hydrogens (tertiary/aromatic N) is 1. The Morgan fingerprint density at radius 1 is 0.938 bits per heavy atom. The number of hydrogen-bond donors (Lipinski definition) is 1. The van der Waals surface area contributed by atoms with Crippen LogP contribution in [0.25, 0.3) is 6.08 Å². The Bertz CT molecular complexity index is 1040. The van der Waals surface area contributed by atoms with Crippen LogP contribution in [-0.4, -0.2) is 34.2 Å². The number of rotatable bonds is 9. The van der Waals surface area contributed by atoms with E-state index in [2.05, 4.69) is 5.32 Å². The lowest BCUT2D eigenvalue weighted by Crippen LogP contribution is -2.10. The first kappa shape index (κ1) is 22.7. The molecule has 0 unspecified atom stereocenters. The normalized spacial score (nSPS) is 10.6. The van der Waals surface area contributed by atoms with Gasteiger partial charge in [-0.1, -0.05) is 30.3 Å². The van der Waals surface area contributed by atoms with Gasteiger partial charge in [-0.2, -0.15) is 0 Å². The van der Waals surface area contributed by atoms with Gasteiger partial charge in [0.05, 0.1) is 14.2 Å². The van der Waals surface area contributed by atoms with Gasteiger partial charge in [-0.15, -0.1) is 0 Å². The SMILES string of the molecule is COc1cc(/C=C/C(=O)Nc2ccc(N(C)C)cc2)cc(OC)c1OCc1ccccc1. The molecule has 0 aliphatic heterocycles. The Hall–Kier alpha value is -3.93. The summed E-state index contributed by atoms with van der Waals surface area (Å²) in [5.74, 6) is 1.34. The smallest absolute Gasteiger partial charge is 0.248 e. The quantitative estimate of drug-likeness (QED) is 0.482. The molecule has 166 valence electrons. The minimum Gasteiger partial charge on any atom is -0.493 e. The van der Waals surface area contributed by atoms with Crippen molar-refractivity contribution in [3.63, 3.8) is 0 Å². The van der Waals surface area contributed by atoms with Crippen molar-refractivity contribution >= 4 is 23.4 Å².